The number of carbonyl (C=O) groups is 1. The van der Waals surface area contributed by atoms with Gasteiger partial charge in [0.25, 0.3) is 0 Å². The third-order valence-electron chi connectivity index (χ3n) is 6.36. The molecule has 1 N–H and O–H groups in total. The highest BCUT2D eigenvalue weighted by molar-refractivity contribution is 7.91. The van der Waals surface area contributed by atoms with Crippen molar-refractivity contribution in [3.63, 3.8) is 0 Å². The number of urea groups is 1. The number of nitrogens with zero attached hydrogens (tertiary/aromatic N) is 2. The van der Waals surface area contributed by atoms with Gasteiger partial charge in [-0.05, 0) is 43.9 Å². The van der Waals surface area contributed by atoms with Gasteiger partial charge in [0, 0.05) is 31.4 Å². The van der Waals surface area contributed by atoms with Crippen LogP contribution in [0.15, 0.2) is 18.2 Å². The summed E-state index contributed by atoms with van der Waals surface area (Å²) in [5.74, 6) is -0.238. The summed E-state index contributed by atoms with van der Waals surface area (Å²) in [6.45, 7) is 2.52. The Kier molecular flexibility index (Phi) is 7.60. The van der Waals surface area contributed by atoms with Crippen LogP contribution in [0.4, 0.5) is 20.6 Å². The number of anilines is 2. The molecule has 0 spiro atoms. The van der Waals surface area contributed by atoms with Crippen molar-refractivity contribution >= 4 is 27.2 Å². The molecule has 2 amide bonds. The zero-order valence-electron chi connectivity index (χ0n) is 18.1. The molecule has 1 unspecified atom stereocenters. The summed E-state index contributed by atoms with van der Waals surface area (Å²) in [5, 5.41) is 2.78. The number of hydrogen-bond acceptors (Lipinski definition) is 4. The molecule has 2 fully saturated rings. The number of unbranched alkanes of at least 4 members (excludes halogenated alkanes) is 1. The highest BCUT2D eigenvalue weighted by atomic mass is 32.2. The fraction of sp³-hybridized carbons (Fsp3) is 0.682. The van der Waals surface area contributed by atoms with E-state index in [4.69, 9.17) is 0 Å². The third kappa shape index (κ3) is 5.65. The molecule has 1 saturated carbocycles. The molecule has 1 atom stereocenters. The Morgan fingerprint density at radius 2 is 1.90 bits per heavy atom. The number of carbonyl (C=O) groups excluding carboxylic acids is 1. The standard InChI is InChI=1S/C22H34FN3O3S/c1-3-4-13-26(19-12-14-30(28,29)16-19)22(27)24-17-10-11-21(20(23)15-17)25(2)18-8-6-5-7-9-18/h10-11,15,18-19H,3-9,12-14,16H2,1-2H3,(H,24,27). The van der Waals surface area contributed by atoms with Crippen LogP contribution in [-0.2, 0) is 9.84 Å². The van der Waals surface area contributed by atoms with Gasteiger partial charge in [0.15, 0.2) is 9.84 Å². The number of halogens is 1. The van der Waals surface area contributed by atoms with E-state index < -0.39 is 9.84 Å². The monoisotopic (exact) mass is 439 g/mol. The predicted molar refractivity (Wildman–Crippen MR) is 119 cm³/mol. The first-order chi connectivity index (χ1) is 14.3. The molecule has 2 aliphatic rings. The molecule has 0 aromatic heterocycles. The van der Waals surface area contributed by atoms with Gasteiger partial charge >= 0.3 is 6.03 Å². The molecule has 30 heavy (non-hydrogen) atoms. The lowest BCUT2D eigenvalue weighted by atomic mass is 9.94. The Morgan fingerprint density at radius 3 is 2.50 bits per heavy atom. The average molecular weight is 440 g/mol. The number of nitrogens with one attached hydrogen (secondary N) is 1. The molecule has 1 saturated heterocycles. The summed E-state index contributed by atoms with van der Waals surface area (Å²) in [7, 11) is -1.16. The number of hydrogen-bond donors (Lipinski definition) is 1. The summed E-state index contributed by atoms with van der Waals surface area (Å²) in [6, 6.07) is 4.47. The zero-order valence-corrected chi connectivity index (χ0v) is 18.9. The maximum Gasteiger partial charge on any atom is 0.322 e. The normalized spacial score (nSPS) is 21.4. The lowest BCUT2D eigenvalue weighted by Crippen LogP contribution is -2.44. The van der Waals surface area contributed by atoms with E-state index >= 15 is 0 Å². The molecule has 0 radical (unpaired) electrons. The van der Waals surface area contributed by atoms with E-state index in [1.807, 2.05) is 18.9 Å². The van der Waals surface area contributed by atoms with Crippen LogP contribution < -0.4 is 10.2 Å². The van der Waals surface area contributed by atoms with Crippen molar-refractivity contribution in [2.24, 2.45) is 0 Å². The van der Waals surface area contributed by atoms with E-state index in [1.54, 1.807) is 17.0 Å². The van der Waals surface area contributed by atoms with Crippen LogP contribution in [0.2, 0.25) is 0 Å². The van der Waals surface area contributed by atoms with E-state index in [0.717, 1.165) is 25.7 Å². The molecular formula is C22H34FN3O3S. The lowest BCUT2D eigenvalue weighted by molar-refractivity contribution is 0.192. The molecule has 0 bridgehead atoms. The molecule has 3 rings (SSSR count). The van der Waals surface area contributed by atoms with Crippen LogP contribution in [0, 0.1) is 5.82 Å². The van der Waals surface area contributed by atoms with Crippen LogP contribution in [0.25, 0.3) is 0 Å². The van der Waals surface area contributed by atoms with Crippen LogP contribution in [0.3, 0.4) is 0 Å². The van der Waals surface area contributed by atoms with Gasteiger partial charge < -0.3 is 15.1 Å². The van der Waals surface area contributed by atoms with Gasteiger partial charge in [-0.3, -0.25) is 0 Å². The number of amides is 2. The molecule has 1 aromatic rings. The Bertz CT molecular complexity index is 840. The van der Waals surface area contributed by atoms with Gasteiger partial charge in [-0.15, -0.1) is 0 Å². The second kappa shape index (κ2) is 9.98. The SMILES string of the molecule is CCCCN(C(=O)Nc1ccc(N(C)C2CCCCC2)c(F)c1)C1CCS(=O)(=O)C1. The fourth-order valence-corrected chi connectivity index (χ4v) is 6.26. The Labute approximate surface area is 179 Å². The first-order valence-corrected chi connectivity index (χ1v) is 12.9. The van der Waals surface area contributed by atoms with Crippen molar-refractivity contribution in [1.29, 1.82) is 0 Å². The number of rotatable bonds is 7. The highest BCUT2D eigenvalue weighted by Crippen LogP contribution is 2.29. The van der Waals surface area contributed by atoms with Gasteiger partial charge in [-0.25, -0.2) is 17.6 Å². The van der Waals surface area contributed by atoms with Gasteiger partial charge in [-0.2, -0.15) is 0 Å². The quantitative estimate of drug-likeness (QED) is 0.683. The Balaban J connectivity index is 1.69. The average Bonchev–Trinajstić information content (AvgIpc) is 3.08. The Morgan fingerprint density at radius 1 is 1.17 bits per heavy atom. The van der Waals surface area contributed by atoms with Gasteiger partial charge in [0.1, 0.15) is 5.82 Å². The molecule has 1 aliphatic heterocycles. The molecule has 6 nitrogen and oxygen atoms in total. The summed E-state index contributed by atoms with van der Waals surface area (Å²) >= 11 is 0. The smallest absolute Gasteiger partial charge is 0.322 e. The minimum absolute atomic E-state index is 0.00359. The van der Waals surface area contributed by atoms with Crippen molar-refractivity contribution in [3.05, 3.63) is 24.0 Å². The van der Waals surface area contributed by atoms with Crippen molar-refractivity contribution in [3.8, 4) is 0 Å². The second-order valence-corrected chi connectivity index (χ2v) is 10.8. The van der Waals surface area contributed by atoms with Crippen LogP contribution >= 0.6 is 0 Å². The first-order valence-electron chi connectivity index (χ1n) is 11.1. The summed E-state index contributed by atoms with van der Waals surface area (Å²) < 4.78 is 38.6. The molecule has 1 aliphatic carbocycles. The molecule has 1 heterocycles. The summed E-state index contributed by atoms with van der Waals surface area (Å²) in [6.07, 6.45) is 7.90. The van der Waals surface area contributed by atoms with Gasteiger partial charge in [0.05, 0.1) is 17.2 Å². The third-order valence-corrected chi connectivity index (χ3v) is 8.11. The number of sulfone groups is 1. The van der Waals surface area contributed by atoms with Gasteiger partial charge in [-0.1, -0.05) is 32.6 Å². The lowest BCUT2D eigenvalue weighted by Gasteiger charge is -2.33. The van der Waals surface area contributed by atoms with E-state index in [0.29, 0.717) is 30.4 Å². The van der Waals surface area contributed by atoms with Crippen LogP contribution in [0.1, 0.15) is 58.3 Å². The van der Waals surface area contributed by atoms with Crippen molar-refractivity contribution in [2.45, 2.75) is 70.4 Å². The van der Waals surface area contributed by atoms with Crippen molar-refractivity contribution < 1.29 is 17.6 Å². The molecule has 8 heteroatoms. The Hall–Kier alpha value is -1.83. The predicted octanol–water partition coefficient (Wildman–Crippen LogP) is 4.42. The topological polar surface area (TPSA) is 69.7 Å². The van der Waals surface area contributed by atoms with E-state index in [1.165, 1.54) is 25.3 Å². The minimum Gasteiger partial charge on any atom is -0.369 e. The van der Waals surface area contributed by atoms with Gasteiger partial charge in [0.2, 0.25) is 0 Å². The number of benzene rings is 1. The van der Waals surface area contributed by atoms with Crippen LogP contribution in [0.5, 0.6) is 0 Å². The maximum absolute atomic E-state index is 14.8. The zero-order chi connectivity index (χ0) is 21.7. The minimum atomic E-state index is -3.09. The largest absolute Gasteiger partial charge is 0.369 e. The first kappa shape index (κ1) is 22.8. The molecule has 168 valence electrons. The van der Waals surface area contributed by atoms with E-state index in [9.17, 15) is 17.6 Å². The molecule has 1 aromatic carbocycles. The van der Waals surface area contributed by atoms with Crippen molar-refractivity contribution in [2.75, 3.05) is 35.3 Å². The second-order valence-electron chi connectivity index (χ2n) is 8.60. The summed E-state index contributed by atoms with van der Waals surface area (Å²) in [5.41, 5.74) is 0.935. The van der Waals surface area contributed by atoms with E-state index in [-0.39, 0.29) is 29.4 Å². The maximum atomic E-state index is 14.8. The fourth-order valence-electron chi connectivity index (χ4n) is 4.53. The summed E-state index contributed by atoms with van der Waals surface area (Å²) in [4.78, 5) is 16.5. The van der Waals surface area contributed by atoms with E-state index in [2.05, 4.69) is 5.32 Å². The highest BCUT2D eigenvalue weighted by Gasteiger charge is 2.34. The molecular weight excluding hydrogens is 405 g/mol. The van der Waals surface area contributed by atoms with Crippen LogP contribution in [-0.4, -0.2) is 56.5 Å². The van der Waals surface area contributed by atoms with Crippen molar-refractivity contribution in [1.82, 2.24) is 4.90 Å².